The summed E-state index contributed by atoms with van der Waals surface area (Å²) in [6.07, 6.45) is 1.34. The van der Waals surface area contributed by atoms with Crippen molar-refractivity contribution in [2.75, 3.05) is 39.9 Å². The van der Waals surface area contributed by atoms with Crippen LogP contribution in [0.1, 0.15) is 29.5 Å². The number of ether oxygens (including phenoxy) is 1. The first-order valence-corrected chi connectivity index (χ1v) is 11.5. The van der Waals surface area contributed by atoms with Gasteiger partial charge < -0.3 is 15.0 Å². The maximum atomic E-state index is 14.0. The highest BCUT2D eigenvalue weighted by Gasteiger charge is 2.46. The largest absolute Gasteiger partial charge is 0.381 e. The molecule has 0 bridgehead atoms. The number of likely N-dealkylation sites (N-methyl/N-ethyl adjacent to an activating group) is 1. The Kier molecular flexibility index (Phi) is 6.92. The van der Waals surface area contributed by atoms with Gasteiger partial charge in [0.05, 0.1) is 5.41 Å². The van der Waals surface area contributed by atoms with E-state index in [2.05, 4.69) is 53.5 Å². The minimum atomic E-state index is -0.583. The van der Waals surface area contributed by atoms with Crippen molar-refractivity contribution in [3.05, 3.63) is 71.3 Å². The molecule has 6 nitrogen and oxygen atoms in total. The molecule has 2 fully saturated rings. The Balaban J connectivity index is 1.57. The van der Waals surface area contributed by atoms with Crippen LogP contribution in [0.15, 0.2) is 54.6 Å². The van der Waals surface area contributed by atoms with Crippen molar-refractivity contribution in [1.29, 1.82) is 0 Å². The quantitative estimate of drug-likeness (QED) is 0.784. The van der Waals surface area contributed by atoms with Crippen molar-refractivity contribution < 1.29 is 14.3 Å². The average molecular weight is 436 g/mol. The number of hydrogen-bond donors (Lipinski definition) is 1. The molecule has 2 aliphatic rings. The Bertz CT molecular complexity index is 923. The zero-order chi connectivity index (χ0) is 22.6. The van der Waals surface area contributed by atoms with Crippen molar-refractivity contribution in [1.82, 2.24) is 15.1 Å². The molecule has 0 radical (unpaired) electrons. The van der Waals surface area contributed by atoms with E-state index >= 15 is 0 Å². The molecule has 2 aliphatic heterocycles. The predicted molar refractivity (Wildman–Crippen MR) is 124 cm³/mol. The van der Waals surface area contributed by atoms with E-state index in [0.717, 1.165) is 5.56 Å². The lowest BCUT2D eigenvalue weighted by Gasteiger charge is -2.45. The number of rotatable bonds is 5. The number of carbonyl (C=O) groups is 2. The molecule has 0 spiro atoms. The average Bonchev–Trinajstić information content (AvgIpc) is 2.85. The second-order valence-electron chi connectivity index (χ2n) is 8.90. The third-order valence-corrected chi connectivity index (χ3v) is 6.92. The van der Waals surface area contributed by atoms with Crippen molar-refractivity contribution in [3.8, 4) is 0 Å². The molecule has 4 rings (SSSR count). The molecule has 32 heavy (non-hydrogen) atoms. The van der Waals surface area contributed by atoms with E-state index < -0.39 is 5.41 Å². The molecule has 2 aromatic carbocycles. The molecule has 2 heterocycles. The number of amides is 2. The third kappa shape index (κ3) is 4.57. The monoisotopic (exact) mass is 435 g/mol. The highest BCUT2D eigenvalue weighted by Crippen LogP contribution is 2.37. The number of nitrogens with zero attached hydrogens (tertiary/aromatic N) is 2. The molecule has 0 aliphatic carbocycles. The lowest BCUT2D eigenvalue weighted by Crippen LogP contribution is -2.62. The van der Waals surface area contributed by atoms with Crippen molar-refractivity contribution in [2.24, 2.45) is 0 Å². The summed E-state index contributed by atoms with van der Waals surface area (Å²) < 4.78 is 5.62. The second kappa shape index (κ2) is 9.84. The molecule has 2 amide bonds. The molecule has 1 atom stereocenters. The lowest BCUT2D eigenvalue weighted by molar-refractivity contribution is -0.146. The number of piperazine rings is 1. The first kappa shape index (κ1) is 22.5. The van der Waals surface area contributed by atoms with Crippen LogP contribution in [-0.4, -0.2) is 67.6 Å². The fraction of sp³-hybridized carbons (Fsp3) is 0.462. The van der Waals surface area contributed by atoms with Gasteiger partial charge in [-0.25, -0.2) is 0 Å². The van der Waals surface area contributed by atoms with Gasteiger partial charge in [0.25, 0.3) is 0 Å². The Morgan fingerprint density at radius 1 is 1.03 bits per heavy atom. The molecular formula is C26H33N3O3. The molecule has 2 aromatic rings. The zero-order valence-electron chi connectivity index (χ0n) is 19.0. The Morgan fingerprint density at radius 3 is 2.38 bits per heavy atom. The molecule has 0 unspecified atom stereocenters. The summed E-state index contributed by atoms with van der Waals surface area (Å²) >= 11 is 0. The first-order valence-electron chi connectivity index (χ1n) is 11.5. The predicted octanol–water partition coefficient (Wildman–Crippen LogP) is 2.50. The van der Waals surface area contributed by atoms with Gasteiger partial charge in [-0.05, 0) is 30.9 Å². The fourth-order valence-corrected chi connectivity index (χ4v) is 4.95. The summed E-state index contributed by atoms with van der Waals surface area (Å²) in [5, 5.41) is 2.80. The van der Waals surface area contributed by atoms with Crippen LogP contribution in [0.2, 0.25) is 0 Å². The minimum absolute atomic E-state index is 0.0465. The van der Waals surface area contributed by atoms with Gasteiger partial charge in [-0.3, -0.25) is 14.5 Å². The zero-order valence-corrected chi connectivity index (χ0v) is 19.0. The molecule has 0 saturated carbocycles. The topological polar surface area (TPSA) is 61.9 Å². The number of carbonyl (C=O) groups excluding carboxylic acids is 2. The van der Waals surface area contributed by atoms with Crippen LogP contribution in [0.4, 0.5) is 0 Å². The Morgan fingerprint density at radius 2 is 1.72 bits per heavy atom. The normalized spacial score (nSPS) is 21.2. The summed E-state index contributed by atoms with van der Waals surface area (Å²) in [4.78, 5) is 30.9. The van der Waals surface area contributed by atoms with Crippen LogP contribution in [0.25, 0.3) is 0 Å². The van der Waals surface area contributed by atoms with Crippen molar-refractivity contribution in [3.63, 3.8) is 0 Å². The van der Waals surface area contributed by atoms with Crippen molar-refractivity contribution >= 4 is 11.8 Å². The lowest BCUT2D eigenvalue weighted by atomic mass is 9.72. The highest BCUT2D eigenvalue weighted by molar-refractivity contribution is 5.90. The van der Waals surface area contributed by atoms with Gasteiger partial charge in [-0.15, -0.1) is 0 Å². The van der Waals surface area contributed by atoms with E-state index in [1.54, 1.807) is 7.05 Å². The first-order chi connectivity index (χ1) is 15.5. The number of aryl methyl sites for hydroxylation is 1. The van der Waals surface area contributed by atoms with Gasteiger partial charge in [0.15, 0.2) is 0 Å². The summed E-state index contributed by atoms with van der Waals surface area (Å²) in [6.45, 7) is 5.59. The highest BCUT2D eigenvalue weighted by atomic mass is 16.5. The van der Waals surface area contributed by atoms with E-state index in [1.165, 1.54) is 11.1 Å². The van der Waals surface area contributed by atoms with Crippen molar-refractivity contribution in [2.45, 2.75) is 37.8 Å². The number of hydrogen-bond acceptors (Lipinski definition) is 4. The van der Waals surface area contributed by atoms with Crippen LogP contribution >= 0.6 is 0 Å². The maximum absolute atomic E-state index is 14.0. The van der Waals surface area contributed by atoms with E-state index in [4.69, 9.17) is 4.74 Å². The molecular weight excluding hydrogens is 402 g/mol. The van der Waals surface area contributed by atoms with Gasteiger partial charge in [0, 0.05) is 46.4 Å². The molecule has 0 aromatic heterocycles. The summed E-state index contributed by atoms with van der Waals surface area (Å²) in [5.74, 6) is 0.0766. The number of nitrogens with one attached hydrogen (secondary N) is 1. The summed E-state index contributed by atoms with van der Waals surface area (Å²) in [5.41, 5.74) is 2.82. The van der Waals surface area contributed by atoms with Gasteiger partial charge in [0.2, 0.25) is 11.8 Å². The van der Waals surface area contributed by atoms with Gasteiger partial charge in [0.1, 0.15) is 6.04 Å². The fourth-order valence-electron chi connectivity index (χ4n) is 4.95. The molecule has 6 heteroatoms. The van der Waals surface area contributed by atoms with Crippen LogP contribution in [0, 0.1) is 6.92 Å². The second-order valence-corrected chi connectivity index (χ2v) is 8.90. The number of benzene rings is 2. The summed E-state index contributed by atoms with van der Waals surface area (Å²) in [6, 6.07) is 18.1. The van der Waals surface area contributed by atoms with E-state index in [1.807, 2.05) is 23.1 Å². The molecule has 170 valence electrons. The SMILES string of the molecule is CNC(=O)[C@@H]1CN(C(=O)C2(c3ccc(C)cc3)CCOCC2)CCN1Cc1ccccc1. The molecule has 2 saturated heterocycles. The standard InChI is InChI=1S/C26H33N3O3/c1-20-8-10-22(11-9-20)26(12-16-32-17-13-26)25(31)29-15-14-28(23(19-29)24(30)27-2)18-21-6-4-3-5-7-21/h3-11,23H,12-19H2,1-2H3,(H,27,30)/t23-/m0/s1. The third-order valence-electron chi connectivity index (χ3n) is 6.92. The van der Waals surface area contributed by atoms with E-state index in [0.29, 0.717) is 52.2 Å². The van der Waals surface area contributed by atoms with Crippen LogP contribution in [0.3, 0.4) is 0 Å². The maximum Gasteiger partial charge on any atom is 0.238 e. The van der Waals surface area contributed by atoms with E-state index in [-0.39, 0.29) is 17.9 Å². The van der Waals surface area contributed by atoms with Gasteiger partial charge in [-0.2, -0.15) is 0 Å². The summed E-state index contributed by atoms with van der Waals surface area (Å²) in [7, 11) is 1.66. The molecule has 1 N–H and O–H groups in total. The van der Waals surface area contributed by atoms with Crippen LogP contribution in [0.5, 0.6) is 0 Å². The Labute approximate surface area is 190 Å². The van der Waals surface area contributed by atoms with Gasteiger partial charge in [-0.1, -0.05) is 60.2 Å². The Hall–Kier alpha value is -2.70. The van der Waals surface area contributed by atoms with Gasteiger partial charge >= 0.3 is 0 Å². The smallest absolute Gasteiger partial charge is 0.238 e. The minimum Gasteiger partial charge on any atom is -0.381 e. The van der Waals surface area contributed by atoms with Crippen LogP contribution in [-0.2, 0) is 26.3 Å². The van der Waals surface area contributed by atoms with E-state index in [9.17, 15) is 9.59 Å². The van der Waals surface area contributed by atoms with Crippen LogP contribution < -0.4 is 5.32 Å².